The van der Waals surface area contributed by atoms with Crippen LogP contribution in [0.25, 0.3) is 0 Å². The molecule has 1 aromatic carbocycles. The van der Waals surface area contributed by atoms with Crippen molar-refractivity contribution in [2.45, 2.75) is 0 Å². The Hall–Kier alpha value is -0.550. The molecule has 0 fully saturated rings. The maximum absolute atomic E-state index is 8.63. The van der Waals surface area contributed by atoms with E-state index >= 15 is 0 Å². The molecule has 0 spiro atoms. The quantitative estimate of drug-likeness (QED) is 0.735. The molecule has 0 saturated carbocycles. The van der Waals surface area contributed by atoms with Gasteiger partial charge in [0, 0.05) is 8.95 Å². The molecule has 0 aliphatic heterocycles. The zero-order chi connectivity index (χ0) is 9.52. The van der Waals surface area contributed by atoms with Crippen LogP contribution in [-0.4, -0.2) is 5.11 Å². The van der Waals surface area contributed by atoms with E-state index in [1.165, 1.54) is 3.57 Å². The average molecular weight is 304 g/mol. The number of phenols is 1. The Morgan fingerprint density at radius 2 is 1.77 bits per heavy atom. The van der Waals surface area contributed by atoms with Crippen LogP contribution in [0.15, 0.2) is 47.2 Å². The molecule has 0 radical (unpaired) electrons. The highest BCUT2D eigenvalue weighted by Gasteiger charge is 1.77. The van der Waals surface area contributed by atoms with Crippen molar-refractivity contribution in [3.05, 3.63) is 50.7 Å². The maximum atomic E-state index is 8.63. The molecule has 1 heterocycles. The molecule has 2 aromatic rings. The lowest BCUT2D eigenvalue weighted by atomic mass is 10.3. The van der Waals surface area contributed by atoms with Gasteiger partial charge in [-0.25, -0.2) is 0 Å². The monoisotopic (exact) mass is 304 g/mol. The van der Waals surface area contributed by atoms with Gasteiger partial charge in [-0.3, -0.25) is 0 Å². The number of aromatic hydroxyl groups is 1. The zero-order valence-corrected chi connectivity index (χ0v) is 9.83. The fourth-order valence-corrected chi connectivity index (χ4v) is 2.05. The summed E-state index contributed by atoms with van der Waals surface area (Å²) in [7, 11) is 0. The van der Waals surface area contributed by atoms with Crippen molar-refractivity contribution in [3.8, 4) is 5.75 Å². The summed E-state index contributed by atoms with van der Waals surface area (Å²) < 4.78 is 1.33. The van der Waals surface area contributed by atoms with Crippen LogP contribution >= 0.6 is 33.9 Å². The van der Waals surface area contributed by atoms with E-state index in [-0.39, 0.29) is 0 Å². The van der Waals surface area contributed by atoms with Crippen LogP contribution in [0.1, 0.15) is 0 Å². The van der Waals surface area contributed by atoms with Crippen molar-refractivity contribution in [1.82, 2.24) is 0 Å². The molecule has 2 rings (SSSR count). The highest BCUT2D eigenvalue weighted by atomic mass is 127. The Balaban J connectivity index is 0.000000132. The van der Waals surface area contributed by atoms with Gasteiger partial charge >= 0.3 is 0 Å². The number of benzene rings is 1. The summed E-state index contributed by atoms with van der Waals surface area (Å²) in [6.07, 6.45) is 0. The molecule has 0 atom stereocenters. The second-order valence-electron chi connectivity index (χ2n) is 2.28. The molecule has 0 bridgehead atoms. The van der Waals surface area contributed by atoms with E-state index in [9.17, 15) is 0 Å². The Morgan fingerprint density at radius 3 is 2.00 bits per heavy atom. The summed E-state index contributed by atoms with van der Waals surface area (Å²) in [5, 5.41) is 12.8. The lowest BCUT2D eigenvalue weighted by Gasteiger charge is -1.82. The molecule has 13 heavy (non-hydrogen) atoms. The van der Waals surface area contributed by atoms with Crippen molar-refractivity contribution in [1.29, 1.82) is 0 Å². The summed E-state index contributed by atoms with van der Waals surface area (Å²) in [5.74, 6) is 0.322. The van der Waals surface area contributed by atoms with Crippen LogP contribution in [-0.2, 0) is 0 Å². The summed E-state index contributed by atoms with van der Waals surface area (Å²) >= 11 is 4.02. The second-order valence-corrected chi connectivity index (χ2v) is 4.30. The topological polar surface area (TPSA) is 20.2 Å². The van der Waals surface area contributed by atoms with E-state index in [2.05, 4.69) is 39.4 Å². The summed E-state index contributed by atoms with van der Waals surface area (Å²) in [5.41, 5.74) is 0. The summed E-state index contributed by atoms with van der Waals surface area (Å²) in [6, 6.07) is 10.8. The average Bonchev–Trinajstić information content (AvgIpc) is 2.58. The number of hydrogen-bond donors (Lipinski definition) is 1. The van der Waals surface area contributed by atoms with Gasteiger partial charge in [0.25, 0.3) is 0 Å². The third-order valence-corrected chi connectivity index (χ3v) is 3.02. The lowest BCUT2D eigenvalue weighted by Crippen LogP contribution is -1.56. The number of rotatable bonds is 0. The highest BCUT2D eigenvalue weighted by Crippen LogP contribution is 2.07. The smallest absolute Gasteiger partial charge is 0.115 e. The van der Waals surface area contributed by atoms with Crippen molar-refractivity contribution in [3.63, 3.8) is 0 Å². The fourth-order valence-electron chi connectivity index (χ4n) is 0.676. The molecule has 0 unspecified atom stereocenters. The minimum Gasteiger partial charge on any atom is -0.508 e. The van der Waals surface area contributed by atoms with Crippen LogP contribution in [0.3, 0.4) is 0 Å². The Bertz CT molecular complexity index is 318. The fraction of sp³-hybridized carbons (Fsp3) is 0. The van der Waals surface area contributed by atoms with E-state index in [1.807, 2.05) is 6.07 Å². The number of halogens is 1. The van der Waals surface area contributed by atoms with Gasteiger partial charge in [0.15, 0.2) is 0 Å². The Kier molecular flexibility index (Phi) is 4.85. The minimum absolute atomic E-state index is 0.322. The van der Waals surface area contributed by atoms with Crippen molar-refractivity contribution < 1.29 is 5.11 Å². The zero-order valence-electron chi connectivity index (χ0n) is 6.85. The van der Waals surface area contributed by atoms with Gasteiger partial charge in [-0.15, -0.1) is 0 Å². The molecule has 0 aliphatic rings. The first-order valence-electron chi connectivity index (χ1n) is 3.71. The van der Waals surface area contributed by atoms with Crippen molar-refractivity contribution in [2.75, 3.05) is 0 Å². The van der Waals surface area contributed by atoms with Gasteiger partial charge in [-0.1, -0.05) is 18.2 Å². The first-order valence-corrected chi connectivity index (χ1v) is 5.73. The molecule has 0 aliphatic carbocycles. The summed E-state index contributed by atoms with van der Waals surface area (Å²) in [6.45, 7) is 0. The van der Waals surface area contributed by atoms with E-state index in [0.717, 1.165) is 0 Å². The predicted octanol–water partition coefficient (Wildman–Crippen LogP) is 3.74. The van der Waals surface area contributed by atoms with Crippen LogP contribution in [0.4, 0.5) is 0 Å². The van der Waals surface area contributed by atoms with Crippen LogP contribution < -0.4 is 0 Å². The SMILES string of the molecule is Ic1ccsc1.Oc1ccccc1. The third kappa shape index (κ3) is 4.90. The molecular formula is C10H9IOS. The normalized spacial score (nSPS) is 8.69. The lowest BCUT2D eigenvalue weighted by molar-refractivity contribution is 0.475. The molecule has 1 nitrogen and oxygen atoms in total. The predicted molar refractivity (Wildman–Crippen MR) is 65.1 cm³/mol. The molecule has 0 amide bonds. The minimum atomic E-state index is 0.322. The molecule has 1 aromatic heterocycles. The van der Waals surface area contributed by atoms with E-state index in [0.29, 0.717) is 5.75 Å². The maximum Gasteiger partial charge on any atom is 0.115 e. The highest BCUT2D eigenvalue weighted by molar-refractivity contribution is 14.1. The van der Waals surface area contributed by atoms with E-state index < -0.39 is 0 Å². The third-order valence-electron chi connectivity index (χ3n) is 1.24. The second kappa shape index (κ2) is 5.99. The number of hydrogen-bond acceptors (Lipinski definition) is 2. The number of para-hydroxylation sites is 1. The number of thiophene rings is 1. The first-order chi connectivity index (χ1) is 6.29. The van der Waals surface area contributed by atoms with Crippen LogP contribution in [0.2, 0.25) is 0 Å². The van der Waals surface area contributed by atoms with Gasteiger partial charge in [0.05, 0.1) is 0 Å². The van der Waals surface area contributed by atoms with Crippen molar-refractivity contribution in [2.24, 2.45) is 0 Å². The molecule has 0 saturated heterocycles. The van der Waals surface area contributed by atoms with E-state index in [4.69, 9.17) is 5.11 Å². The number of phenolic OH excluding ortho intramolecular Hbond substituents is 1. The Labute approximate surface area is 95.2 Å². The Morgan fingerprint density at radius 1 is 1.08 bits per heavy atom. The molecule has 68 valence electrons. The van der Waals surface area contributed by atoms with Gasteiger partial charge in [0.1, 0.15) is 5.75 Å². The summed E-state index contributed by atoms with van der Waals surface area (Å²) in [4.78, 5) is 0. The van der Waals surface area contributed by atoms with Crippen LogP contribution in [0, 0.1) is 3.57 Å². The van der Waals surface area contributed by atoms with Crippen molar-refractivity contribution >= 4 is 33.9 Å². The van der Waals surface area contributed by atoms with E-state index in [1.54, 1.807) is 35.6 Å². The molecule has 1 N–H and O–H groups in total. The van der Waals surface area contributed by atoms with Gasteiger partial charge in [0.2, 0.25) is 0 Å². The molecule has 3 heteroatoms. The first kappa shape index (κ1) is 10.5. The van der Waals surface area contributed by atoms with Gasteiger partial charge in [-0.05, 0) is 46.2 Å². The standard InChI is InChI=1S/C6H6O.C4H3IS/c7-6-4-2-1-3-5-6;5-4-1-2-6-3-4/h1-5,7H;1-3H. The van der Waals surface area contributed by atoms with Gasteiger partial charge < -0.3 is 5.11 Å². The largest absolute Gasteiger partial charge is 0.508 e. The molecular weight excluding hydrogens is 295 g/mol. The van der Waals surface area contributed by atoms with Gasteiger partial charge in [-0.2, -0.15) is 11.3 Å². The van der Waals surface area contributed by atoms with Crippen LogP contribution in [0.5, 0.6) is 5.75 Å².